The predicted molar refractivity (Wildman–Crippen MR) is 100 cm³/mol. The van der Waals surface area contributed by atoms with E-state index in [2.05, 4.69) is 5.32 Å². The van der Waals surface area contributed by atoms with Gasteiger partial charge in [-0.2, -0.15) is 0 Å². The lowest BCUT2D eigenvalue weighted by Crippen LogP contribution is -2.44. The number of carbonyl (C=O) groups is 2. The van der Waals surface area contributed by atoms with Crippen molar-refractivity contribution in [3.63, 3.8) is 0 Å². The molecule has 2 aromatic carbocycles. The fraction of sp³-hybridized carbons (Fsp3) is 0.263. The summed E-state index contributed by atoms with van der Waals surface area (Å²) in [5.74, 6) is -1.02. The van der Waals surface area contributed by atoms with Gasteiger partial charge in [-0.3, -0.25) is 4.79 Å². The lowest BCUT2D eigenvalue weighted by atomic mass is 10.1. The second-order valence-corrected chi connectivity index (χ2v) is 6.34. The maximum Gasteiger partial charge on any atom is 0.328 e. The maximum atomic E-state index is 12.1. The largest absolute Gasteiger partial charge is 0.467 e. The Kier molecular flexibility index (Phi) is 7.91. The van der Waals surface area contributed by atoms with E-state index >= 15 is 0 Å². The van der Waals surface area contributed by atoms with Gasteiger partial charge in [-0.15, -0.1) is 0 Å². The van der Waals surface area contributed by atoms with Crippen LogP contribution in [0.4, 0.5) is 0 Å². The van der Waals surface area contributed by atoms with E-state index in [9.17, 15) is 9.59 Å². The Labute approximate surface area is 162 Å². The van der Waals surface area contributed by atoms with Crippen LogP contribution in [0.2, 0.25) is 10.0 Å². The number of hydrogen-bond donors (Lipinski definition) is 1. The van der Waals surface area contributed by atoms with Crippen LogP contribution in [0.1, 0.15) is 11.1 Å². The van der Waals surface area contributed by atoms with Crippen LogP contribution < -0.4 is 5.32 Å². The first-order valence-corrected chi connectivity index (χ1v) is 8.68. The Bertz CT molecular complexity index is 732. The molecule has 2 rings (SSSR count). The Morgan fingerprint density at radius 3 is 2.31 bits per heavy atom. The van der Waals surface area contributed by atoms with Crippen LogP contribution in [0.15, 0.2) is 48.5 Å². The highest BCUT2D eigenvalue weighted by Gasteiger charge is 2.24. The molecule has 0 radical (unpaired) electrons. The zero-order chi connectivity index (χ0) is 18.9. The third-order valence-corrected chi connectivity index (χ3v) is 4.34. The van der Waals surface area contributed by atoms with E-state index in [1.807, 2.05) is 30.3 Å². The minimum Gasteiger partial charge on any atom is -0.467 e. The Hall–Kier alpha value is -2.08. The summed E-state index contributed by atoms with van der Waals surface area (Å²) in [5, 5.41) is 3.44. The molecule has 0 saturated heterocycles. The summed E-state index contributed by atoms with van der Waals surface area (Å²) >= 11 is 12.3. The van der Waals surface area contributed by atoms with Gasteiger partial charge in [0, 0.05) is 16.5 Å². The van der Waals surface area contributed by atoms with Crippen molar-refractivity contribution in [2.75, 3.05) is 13.7 Å². The highest BCUT2D eigenvalue weighted by molar-refractivity contribution is 6.36. The molecule has 0 saturated carbocycles. The number of ether oxygens (including phenoxy) is 2. The fourth-order valence-corrected chi connectivity index (χ4v) is 2.89. The van der Waals surface area contributed by atoms with Gasteiger partial charge in [0.2, 0.25) is 5.91 Å². The molecule has 0 aliphatic rings. The SMILES string of the molecule is COC(=O)[C@H](Cc1c(Cl)cccc1Cl)NC(=O)COCc1ccccc1. The van der Waals surface area contributed by atoms with Crippen LogP contribution in [-0.4, -0.2) is 31.6 Å². The van der Waals surface area contributed by atoms with Gasteiger partial charge in [0.05, 0.1) is 13.7 Å². The lowest BCUT2D eigenvalue weighted by Gasteiger charge is -2.18. The van der Waals surface area contributed by atoms with Crippen molar-refractivity contribution < 1.29 is 19.1 Å². The van der Waals surface area contributed by atoms with E-state index in [0.717, 1.165) is 5.56 Å². The summed E-state index contributed by atoms with van der Waals surface area (Å²) in [6.07, 6.45) is 0.121. The van der Waals surface area contributed by atoms with E-state index in [-0.39, 0.29) is 13.0 Å². The molecular weight excluding hydrogens is 377 g/mol. The third kappa shape index (κ3) is 6.02. The standard InChI is InChI=1S/C19H19Cl2NO4/c1-25-19(24)17(10-14-15(20)8-5-9-16(14)21)22-18(23)12-26-11-13-6-3-2-4-7-13/h2-9,17H,10-12H2,1H3,(H,22,23)/t17-/m0/s1. The summed E-state index contributed by atoms with van der Waals surface area (Å²) < 4.78 is 10.1. The third-order valence-electron chi connectivity index (χ3n) is 3.64. The Morgan fingerprint density at radius 1 is 1.04 bits per heavy atom. The van der Waals surface area contributed by atoms with E-state index in [1.165, 1.54) is 7.11 Å². The van der Waals surface area contributed by atoms with E-state index in [0.29, 0.717) is 22.2 Å². The predicted octanol–water partition coefficient (Wildman–Crippen LogP) is 3.41. The monoisotopic (exact) mass is 395 g/mol. The highest BCUT2D eigenvalue weighted by atomic mass is 35.5. The second kappa shape index (κ2) is 10.2. The Balaban J connectivity index is 1.94. The van der Waals surface area contributed by atoms with Gasteiger partial charge in [-0.25, -0.2) is 4.79 Å². The van der Waals surface area contributed by atoms with E-state index < -0.39 is 17.9 Å². The number of esters is 1. The second-order valence-electron chi connectivity index (χ2n) is 5.53. The van der Waals surface area contributed by atoms with Gasteiger partial charge in [-0.05, 0) is 23.3 Å². The summed E-state index contributed by atoms with van der Waals surface area (Å²) in [7, 11) is 1.25. The summed E-state index contributed by atoms with van der Waals surface area (Å²) in [6, 6.07) is 13.6. The molecule has 0 bridgehead atoms. The number of methoxy groups -OCH3 is 1. The van der Waals surface area contributed by atoms with Crippen molar-refractivity contribution in [3.8, 4) is 0 Å². The number of halogens is 2. The van der Waals surface area contributed by atoms with Gasteiger partial charge in [-0.1, -0.05) is 59.6 Å². The molecule has 0 aliphatic heterocycles. The molecule has 1 amide bonds. The minimum absolute atomic E-state index is 0.121. The van der Waals surface area contributed by atoms with Crippen LogP contribution in [-0.2, 0) is 32.1 Å². The summed E-state index contributed by atoms with van der Waals surface area (Å²) in [6.45, 7) is 0.117. The lowest BCUT2D eigenvalue weighted by molar-refractivity contribution is -0.145. The van der Waals surface area contributed by atoms with Gasteiger partial charge < -0.3 is 14.8 Å². The summed E-state index contributed by atoms with van der Waals surface area (Å²) in [5.41, 5.74) is 1.52. The van der Waals surface area contributed by atoms with E-state index in [4.69, 9.17) is 32.7 Å². The quantitative estimate of drug-likeness (QED) is 0.695. The molecule has 0 unspecified atom stereocenters. The molecular formula is C19H19Cl2NO4. The number of rotatable bonds is 8. The van der Waals surface area contributed by atoms with Gasteiger partial charge >= 0.3 is 5.97 Å². The minimum atomic E-state index is -0.912. The van der Waals surface area contributed by atoms with Crippen molar-refractivity contribution >= 4 is 35.1 Å². The zero-order valence-electron chi connectivity index (χ0n) is 14.2. The highest BCUT2D eigenvalue weighted by Crippen LogP contribution is 2.25. The number of hydrogen-bond acceptors (Lipinski definition) is 4. The molecule has 0 aliphatic carbocycles. The average molecular weight is 396 g/mol. The van der Waals surface area contributed by atoms with Gasteiger partial charge in [0.15, 0.2) is 0 Å². The van der Waals surface area contributed by atoms with Crippen molar-refractivity contribution in [2.45, 2.75) is 19.1 Å². The normalized spacial score (nSPS) is 11.7. The Morgan fingerprint density at radius 2 is 1.69 bits per heavy atom. The number of nitrogens with one attached hydrogen (secondary N) is 1. The number of benzene rings is 2. The molecule has 1 atom stereocenters. The number of amides is 1. The van der Waals surface area contributed by atoms with Crippen LogP contribution in [0.5, 0.6) is 0 Å². The first-order chi connectivity index (χ1) is 12.5. The molecule has 7 heteroatoms. The molecule has 138 valence electrons. The van der Waals surface area contributed by atoms with Crippen molar-refractivity contribution in [1.82, 2.24) is 5.32 Å². The van der Waals surface area contributed by atoms with Crippen molar-refractivity contribution in [3.05, 3.63) is 69.7 Å². The molecule has 2 aromatic rings. The van der Waals surface area contributed by atoms with Gasteiger partial charge in [0.25, 0.3) is 0 Å². The van der Waals surface area contributed by atoms with Gasteiger partial charge in [0.1, 0.15) is 12.6 Å². The molecule has 26 heavy (non-hydrogen) atoms. The van der Waals surface area contributed by atoms with Crippen LogP contribution in [0.25, 0.3) is 0 Å². The zero-order valence-corrected chi connectivity index (χ0v) is 15.7. The van der Waals surface area contributed by atoms with Crippen molar-refractivity contribution in [1.29, 1.82) is 0 Å². The summed E-state index contributed by atoms with van der Waals surface area (Å²) in [4.78, 5) is 24.1. The molecule has 0 spiro atoms. The molecule has 0 aromatic heterocycles. The first kappa shape index (κ1) is 20.2. The van der Waals surface area contributed by atoms with E-state index in [1.54, 1.807) is 18.2 Å². The topological polar surface area (TPSA) is 64.6 Å². The first-order valence-electron chi connectivity index (χ1n) is 7.93. The molecule has 0 fully saturated rings. The van der Waals surface area contributed by atoms with Crippen LogP contribution in [0.3, 0.4) is 0 Å². The molecule has 5 nitrogen and oxygen atoms in total. The van der Waals surface area contributed by atoms with Crippen LogP contribution in [0, 0.1) is 0 Å². The average Bonchev–Trinajstić information content (AvgIpc) is 2.64. The van der Waals surface area contributed by atoms with Crippen LogP contribution >= 0.6 is 23.2 Å². The smallest absolute Gasteiger partial charge is 0.328 e. The van der Waals surface area contributed by atoms with Crippen molar-refractivity contribution in [2.24, 2.45) is 0 Å². The molecule has 1 N–H and O–H groups in total. The fourth-order valence-electron chi connectivity index (χ4n) is 2.34. The number of carbonyl (C=O) groups excluding carboxylic acids is 2. The molecule has 0 heterocycles. The maximum absolute atomic E-state index is 12.1.